The Balaban J connectivity index is 1.75. The van der Waals surface area contributed by atoms with E-state index in [1.54, 1.807) is 0 Å². The summed E-state index contributed by atoms with van der Waals surface area (Å²) in [5.74, 6) is -1.88. The molecule has 2 aliphatic carbocycles. The Morgan fingerprint density at radius 3 is 2.58 bits per heavy atom. The highest BCUT2D eigenvalue weighted by Gasteiger charge is 2.52. The fraction of sp³-hybridized carbons (Fsp3) is 0.714. The summed E-state index contributed by atoms with van der Waals surface area (Å²) in [6.07, 6.45) is 5.53. The van der Waals surface area contributed by atoms with Crippen LogP contribution in [0.1, 0.15) is 19.8 Å². The minimum absolute atomic E-state index is 0.0193. The van der Waals surface area contributed by atoms with Crippen molar-refractivity contribution in [1.29, 1.82) is 0 Å². The summed E-state index contributed by atoms with van der Waals surface area (Å²) in [4.78, 5) is 23.8. The van der Waals surface area contributed by atoms with Gasteiger partial charge in [0.1, 0.15) is 0 Å². The maximum absolute atomic E-state index is 12.4. The average Bonchev–Trinajstić information content (AvgIpc) is 3.02. The third kappa shape index (κ3) is 2.06. The summed E-state index contributed by atoms with van der Waals surface area (Å²) in [5, 5.41) is 12.3. The van der Waals surface area contributed by atoms with Crippen LogP contribution in [0.4, 0.5) is 0 Å². The molecule has 104 valence electrons. The minimum Gasteiger partial charge on any atom is -0.481 e. The lowest BCUT2D eigenvalue weighted by molar-refractivity contribution is -0.148. The molecule has 3 unspecified atom stereocenters. The highest BCUT2D eigenvalue weighted by molar-refractivity contribution is 5.87. The van der Waals surface area contributed by atoms with Gasteiger partial charge >= 0.3 is 5.97 Å². The molecule has 1 saturated carbocycles. The van der Waals surface area contributed by atoms with Crippen molar-refractivity contribution in [1.82, 2.24) is 5.32 Å². The van der Waals surface area contributed by atoms with Crippen LogP contribution in [-0.4, -0.2) is 35.7 Å². The summed E-state index contributed by atoms with van der Waals surface area (Å²) >= 11 is 0. The van der Waals surface area contributed by atoms with Crippen LogP contribution in [0.25, 0.3) is 0 Å². The molecule has 5 atom stereocenters. The smallest absolute Gasteiger partial charge is 0.307 e. The summed E-state index contributed by atoms with van der Waals surface area (Å²) < 4.78 is 5.31. The SMILES string of the molecule is CC1(NC(=O)[C@H]2C3C=CC(C3)[C@H]2C(=O)O)CCOC1. The van der Waals surface area contributed by atoms with Crippen molar-refractivity contribution in [3.63, 3.8) is 0 Å². The van der Waals surface area contributed by atoms with E-state index in [4.69, 9.17) is 4.74 Å². The van der Waals surface area contributed by atoms with Gasteiger partial charge in [0.2, 0.25) is 5.91 Å². The zero-order valence-electron chi connectivity index (χ0n) is 11.0. The summed E-state index contributed by atoms with van der Waals surface area (Å²) in [6, 6.07) is 0. The summed E-state index contributed by atoms with van der Waals surface area (Å²) in [5.41, 5.74) is -0.342. The monoisotopic (exact) mass is 265 g/mol. The first kappa shape index (κ1) is 12.7. The normalized spacial score (nSPS) is 43.6. The van der Waals surface area contributed by atoms with E-state index in [1.165, 1.54) is 0 Å². The first-order valence-electron chi connectivity index (χ1n) is 6.81. The van der Waals surface area contributed by atoms with E-state index in [0.29, 0.717) is 13.2 Å². The van der Waals surface area contributed by atoms with Crippen LogP contribution in [-0.2, 0) is 14.3 Å². The standard InChI is InChI=1S/C14H19NO4/c1-14(4-5-19-7-14)15-12(16)10-8-2-3-9(6-8)11(10)13(17)18/h2-3,8-11H,4-7H2,1H3,(H,15,16)(H,17,18)/t8?,9?,10-,11+,14?/m0/s1. The summed E-state index contributed by atoms with van der Waals surface area (Å²) in [6.45, 7) is 3.11. The molecule has 2 fully saturated rings. The Bertz CT molecular complexity index is 439. The third-order valence-electron chi connectivity index (χ3n) is 4.69. The van der Waals surface area contributed by atoms with Crippen LogP contribution in [0.3, 0.4) is 0 Å². The summed E-state index contributed by atoms with van der Waals surface area (Å²) in [7, 11) is 0. The number of carbonyl (C=O) groups excluding carboxylic acids is 1. The first-order chi connectivity index (χ1) is 9.00. The van der Waals surface area contributed by atoms with Gasteiger partial charge in [0.15, 0.2) is 0 Å². The molecule has 1 heterocycles. The van der Waals surface area contributed by atoms with Gasteiger partial charge in [0.05, 0.1) is 24.0 Å². The predicted molar refractivity (Wildman–Crippen MR) is 67.3 cm³/mol. The van der Waals surface area contributed by atoms with Gasteiger partial charge in [-0.05, 0) is 31.6 Å². The Morgan fingerprint density at radius 1 is 1.32 bits per heavy atom. The molecular weight excluding hydrogens is 246 g/mol. The van der Waals surface area contributed by atoms with Crippen LogP contribution >= 0.6 is 0 Å². The molecule has 5 heteroatoms. The molecule has 0 aromatic heterocycles. The van der Waals surface area contributed by atoms with Crippen LogP contribution < -0.4 is 5.32 Å². The second-order valence-corrected chi connectivity index (χ2v) is 6.19. The van der Waals surface area contributed by atoms with Gasteiger partial charge in [-0.2, -0.15) is 0 Å². The molecule has 1 aliphatic heterocycles. The van der Waals surface area contributed by atoms with E-state index in [0.717, 1.165) is 12.8 Å². The van der Waals surface area contributed by atoms with Gasteiger partial charge in [-0.3, -0.25) is 9.59 Å². The van der Waals surface area contributed by atoms with Gasteiger partial charge in [-0.25, -0.2) is 0 Å². The predicted octanol–water partition coefficient (Wildman–Crippen LogP) is 0.804. The van der Waals surface area contributed by atoms with E-state index in [2.05, 4.69) is 5.32 Å². The second kappa shape index (κ2) is 4.34. The lowest BCUT2D eigenvalue weighted by atomic mass is 9.82. The van der Waals surface area contributed by atoms with E-state index in [-0.39, 0.29) is 23.3 Å². The molecule has 0 radical (unpaired) electrons. The molecule has 1 amide bonds. The van der Waals surface area contributed by atoms with Crippen molar-refractivity contribution in [3.05, 3.63) is 12.2 Å². The second-order valence-electron chi connectivity index (χ2n) is 6.19. The zero-order valence-corrected chi connectivity index (χ0v) is 11.0. The molecule has 19 heavy (non-hydrogen) atoms. The van der Waals surface area contributed by atoms with Crippen LogP contribution in [0.15, 0.2) is 12.2 Å². The van der Waals surface area contributed by atoms with Gasteiger partial charge in [0, 0.05) is 6.61 Å². The first-order valence-corrected chi connectivity index (χ1v) is 6.81. The van der Waals surface area contributed by atoms with Crippen molar-refractivity contribution < 1.29 is 19.4 Å². The molecule has 0 aromatic rings. The molecular formula is C14H19NO4. The van der Waals surface area contributed by atoms with E-state index < -0.39 is 17.8 Å². The number of nitrogens with one attached hydrogen (secondary N) is 1. The number of amides is 1. The van der Waals surface area contributed by atoms with Crippen molar-refractivity contribution in [3.8, 4) is 0 Å². The number of ether oxygens (including phenoxy) is 1. The number of carboxylic acids is 1. The molecule has 2 bridgehead atoms. The van der Waals surface area contributed by atoms with Crippen molar-refractivity contribution >= 4 is 11.9 Å². The number of carboxylic acid groups (broad SMARTS) is 1. The third-order valence-corrected chi connectivity index (χ3v) is 4.69. The number of aliphatic carboxylic acids is 1. The van der Waals surface area contributed by atoms with Crippen molar-refractivity contribution in [2.24, 2.45) is 23.7 Å². The zero-order chi connectivity index (χ0) is 13.6. The topological polar surface area (TPSA) is 75.6 Å². The molecule has 3 aliphatic rings. The molecule has 0 aromatic carbocycles. The highest BCUT2D eigenvalue weighted by atomic mass is 16.5. The Kier molecular flexibility index (Phi) is 2.89. The number of allylic oxidation sites excluding steroid dienone is 2. The Hall–Kier alpha value is -1.36. The Morgan fingerprint density at radius 2 is 2.00 bits per heavy atom. The maximum atomic E-state index is 12.4. The van der Waals surface area contributed by atoms with Gasteiger partial charge in [-0.1, -0.05) is 12.2 Å². The van der Waals surface area contributed by atoms with Crippen LogP contribution in [0, 0.1) is 23.7 Å². The number of rotatable bonds is 3. The lowest BCUT2D eigenvalue weighted by Gasteiger charge is -2.29. The van der Waals surface area contributed by atoms with Gasteiger partial charge in [0.25, 0.3) is 0 Å². The fourth-order valence-corrected chi connectivity index (χ4v) is 3.66. The molecule has 1 saturated heterocycles. The molecule has 5 nitrogen and oxygen atoms in total. The fourth-order valence-electron chi connectivity index (χ4n) is 3.66. The van der Waals surface area contributed by atoms with E-state index in [9.17, 15) is 14.7 Å². The van der Waals surface area contributed by atoms with Crippen molar-refractivity contribution in [2.75, 3.05) is 13.2 Å². The number of hydrogen-bond acceptors (Lipinski definition) is 3. The number of hydrogen-bond donors (Lipinski definition) is 2. The quantitative estimate of drug-likeness (QED) is 0.740. The minimum atomic E-state index is -0.857. The molecule has 2 N–H and O–H groups in total. The molecule has 3 rings (SSSR count). The largest absolute Gasteiger partial charge is 0.481 e. The average molecular weight is 265 g/mol. The Labute approximate surface area is 112 Å². The number of fused-ring (bicyclic) bond motifs is 2. The van der Waals surface area contributed by atoms with Crippen molar-refractivity contribution in [2.45, 2.75) is 25.3 Å². The molecule has 0 spiro atoms. The van der Waals surface area contributed by atoms with Crippen LogP contribution in [0.5, 0.6) is 0 Å². The van der Waals surface area contributed by atoms with E-state index >= 15 is 0 Å². The van der Waals surface area contributed by atoms with Gasteiger partial charge < -0.3 is 15.2 Å². The van der Waals surface area contributed by atoms with Crippen LogP contribution in [0.2, 0.25) is 0 Å². The maximum Gasteiger partial charge on any atom is 0.307 e. The number of carbonyl (C=O) groups is 2. The van der Waals surface area contributed by atoms with E-state index in [1.807, 2.05) is 19.1 Å². The highest BCUT2D eigenvalue weighted by Crippen LogP contribution is 2.48. The lowest BCUT2D eigenvalue weighted by Crippen LogP contribution is -2.51. The van der Waals surface area contributed by atoms with Gasteiger partial charge in [-0.15, -0.1) is 0 Å².